The molecule has 0 radical (unpaired) electrons. The van der Waals surface area contributed by atoms with E-state index in [1.807, 2.05) is 12.1 Å². The van der Waals surface area contributed by atoms with Gasteiger partial charge in [0.05, 0.1) is 6.42 Å². The minimum Gasteiger partial charge on any atom is -0.481 e. The molecule has 4 N–H and O–H groups in total. The lowest BCUT2D eigenvalue weighted by atomic mass is 9.94. The minimum atomic E-state index is -0.926. The predicted octanol–water partition coefficient (Wildman–Crippen LogP) is 3.80. The zero-order valence-electron chi connectivity index (χ0n) is 14.7. The first-order valence-corrected chi connectivity index (χ1v) is 9.34. The number of halogens is 2. The highest BCUT2D eigenvalue weighted by atomic mass is 35.5. The van der Waals surface area contributed by atoms with Crippen molar-refractivity contribution < 1.29 is 14.7 Å². The molecular weight excluding hydrogens is 387 g/mol. The molecule has 144 valence electrons. The van der Waals surface area contributed by atoms with E-state index in [9.17, 15) is 9.59 Å². The third kappa shape index (κ3) is 6.86. The second-order valence-corrected chi connectivity index (χ2v) is 7.21. The summed E-state index contributed by atoms with van der Waals surface area (Å²) in [5, 5.41) is 13.2. The van der Waals surface area contributed by atoms with Crippen LogP contribution in [-0.2, 0) is 9.59 Å². The van der Waals surface area contributed by atoms with E-state index >= 15 is 0 Å². The summed E-state index contributed by atoms with van der Waals surface area (Å²) < 4.78 is 0. The topological polar surface area (TPSA) is 92.4 Å². The Kier molecular flexibility index (Phi) is 8.10. The molecule has 2 aromatic carbocycles. The number of carbonyl (C=O) groups excluding carboxylic acids is 1. The molecule has 1 amide bonds. The fourth-order valence-corrected chi connectivity index (χ4v) is 3.11. The van der Waals surface area contributed by atoms with Crippen molar-refractivity contribution in [2.24, 2.45) is 5.73 Å². The number of rotatable bonds is 9. The van der Waals surface area contributed by atoms with E-state index < -0.39 is 5.97 Å². The largest absolute Gasteiger partial charge is 0.481 e. The van der Waals surface area contributed by atoms with Gasteiger partial charge >= 0.3 is 5.97 Å². The van der Waals surface area contributed by atoms with Crippen LogP contribution in [0.3, 0.4) is 0 Å². The average molecular weight is 409 g/mol. The van der Waals surface area contributed by atoms with Crippen LogP contribution >= 0.6 is 23.2 Å². The first-order chi connectivity index (χ1) is 12.9. The molecule has 0 aliphatic heterocycles. The summed E-state index contributed by atoms with van der Waals surface area (Å²) in [6.07, 6.45) is 0.137. The standard InChI is InChI=1S/C20H22Cl2N2O3/c21-17-5-1-13(2-6-17)15(11-23)9-19(25)24-12-16(10-20(26)27)14-3-7-18(22)8-4-14/h1-8,15-16H,9-12,23H2,(H,24,25)(H,26,27). The molecule has 5 nitrogen and oxygen atoms in total. The molecule has 0 aliphatic rings. The van der Waals surface area contributed by atoms with Gasteiger partial charge in [-0.1, -0.05) is 47.5 Å². The van der Waals surface area contributed by atoms with Crippen LogP contribution in [0.1, 0.15) is 35.8 Å². The third-order valence-electron chi connectivity index (χ3n) is 4.37. The highest BCUT2D eigenvalue weighted by Gasteiger charge is 2.19. The maximum atomic E-state index is 12.4. The van der Waals surface area contributed by atoms with Gasteiger partial charge in [0.1, 0.15) is 0 Å². The number of hydrogen-bond acceptors (Lipinski definition) is 3. The van der Waals surface area contributed by atoms with E-state index in [-0.39, 0.29) is 37.1 Å². The number of carboxylic acid groups (broad SMARTS) is 1. The van der Waals surface area contributed by atoms with E-state index in [0.717, 1.165) is 11.1 Å². The van der Waals surface area contributed by atoms with Gasteiger partial charge in [0.15, 0.2) is 0 Å². The maximum absolute atomic E-state index is 12.4. The monoisotopic (exact) mass is 408 g/mol. The normalized spacial score (nSPS) is 13.0. The van der Waals surface area contributed by atoms with Crippen LogP contribution in [0.5, 0.6) is 0 Å². The summed E-state index contributed by atoms with van der Waals surface area (Å²) in [6.45, 7) is 0.551. The summed E-state index contributed by atoms with van der Waals surface area (Å²) in [5.41, 5.74) is 7.57. The maximum Gasteiger partial charge on any atom is 0.304 e. The van der Waals surface area contributed by atoms with Crippen molar-refractivity contribution >= 4 is 35.1 Å². The van der Waals surface area contributed by atoms with Crippen LogP contribution in [0.15, 0.2) is 48.5 Å². The Labute approximate surface area is 168 Å². The molecule has 27 heavy (non-hydrogen) atoms. The molecule has 0 spiro atoms. The average Bonchev–Trinajstić information content (AvgIpc) is 2.64. The van der Waals surface area contributed by atoms with Crippen molar-refractivity contribution in [2.45, 2.75) is 24.7 Å². The van der Waals surface area contributed by atoms with Crippen LogP contribution in [0.4, 0.5) is 0 Å². The SMILES string of the molecule is NCC(CC(=O)NCC(CC(=O)O)c1ccc(Cl)cc1)c1ccc(Cl)cc1. The van der Waals surface area contributed by atoms with Crippen molar-refractivity contribution in [3.63, 3.8) is 0 Å². The molecule has 0 bridgehead atoms. The quantitative estimate of drug-likeness (QED) is 0.588. The molecule has 0 heterocycles. The molecule has 2 atom stereocenters. The molecule has 2 rings (SSSR count). The fourth-order valence-electron chi connectivity index (χ4n) is 2.86. The van der Waals surface area contributed by atoms with Gasteiger partial charge in [-0.3, -0.25) is 9.59 Å². The third-order valence-corrected chi connectivity index (χ3v) is 4.87. The first-order valence-electron chi connectivity index (χ1n) is 8.58. The molecule has 2 aromatic rings. The number of carbonyl (C=O) groups is 2. The van der Waals surface area contributed by atoms with Crippen LogP contribution in [-0.4, -0.2) is 30.1 Å². The van der Waals surface area contributed by atoms with Gasteiger partial charge in [-0.25, -0.2) is 0 Å². The molecule has 0 saturated carbocycles. The van der Waals surface area contributed by atoms with E-state index in [4.69, 9.17) is 34.0 Å². The van der Waals surface area contributed by atoms with E-state index in [1.165, 1.54) is 0 Å². The van der Waals surface area contributed by atoms with E-state index in [0.29, 0.717) is 16.6 Å². The summed E-state index contributed by atoms with van der Waals surface area (Å²) >= 11 is 11.8. The van der Waals surface area contributed by atoms with Gasteiger partial charge in [-0.15, -0.1) is 0 Å². The smallest absolute Gasteiger partial charge is 0.304 e. The second kappa shape index (κ2) is 10.3. The molecule has 7 heteroatoms. The molecular formula is C20H22Cl2N2O3. The number of nitrogens with one attached hydrogen (secondary N) is 1. The summed E-state index contributed by atoms with van der Waals surface area (Å²) in [5.74, 6) is -1.57. The number of amides is 1. The van der Waals surface area contributed by atoms with Gasteiger partial charge in [0, 0.05) is 34.8 Å². The summed E-state index contributed by atoms with van der Waals surface area (Å²) in [4.78, 5) is 23.5. The van der Waals surface area contributed by atoms with E-state index in [1.54, 1.807) is 36.4 Å². The van der Waals surface area contributed by atoms with Gasteiger partial charge < -0.3 is 16.2 Å². The number of nitrogens with two attached hydrogens (primary N) is 1. The zero-order valence-corrected chi connectivity index (χ0v) is 16.2. The Morgan fingerprint density at radius 2 is 1.37 bits per heavy atom. The van der Waals surface area contributed by atoms with Crippen molar-refractivity contribution in [2.75, 3.05) is 13.1 Å². The highest BCUT2D eigenvalue weighted by Crippen LogP contribution is 2.23. The number of hydrogen-bond donors (Lipinski definition) is 3. The first kappa shape index (κ1) is 21.2. The molecule has 0 aliphatic carbocycles. The summed E-state index contributed by atoms with van der Waals surface area (Å²) in [7, 11) is 0. The van der Waals surface area contributed by atoms with Crippen LogP contribution in [0, 0.1) is 0 Å². The van der Waals surface area contributed by atoms with Crippen molar-refractivity contribution in [1.29, 1.82) is 0 Å². The predicted molar refractivity (Wildman–Crippen MR) is 107 cm³/mol. The Morgan fingerprint density at radius 1 is 0.889 bits per heavy atom. The van der Waals surface area contributed by atoms with Gasteiger partial charge in [-0.2, -0.15) is 0 Å². The lowest BCUT2D eigenvalue weighted by Gasteiger charge is -2.19. The van der Waals surface area contributed by atoms with Crippen molar-refractivity contribution in [3.8, 4) is 0 Å². The van der Waals surface area contributed by atoms with Gasteiger partial charge in [0.25, 0.3) is 0 Å². The van der Waals surface area contributed by atoms with E-state index in [2.05, 4.69) is 5.32 Å². The second-order valence-electron chi connectivity index (χ2n) is 6.34. The Bertz CT molecular complexity index is 764. The zero-order chi connectivity index (χ0) is 19.8. The number of aliphatic carboxylic acids is 1. The number of benzene rings is 2. The van der Waals surface area contributed by atoms with Crippen LogP contribution in [0.2, 0.25) is 10.0 Å². The Balaban J connectivity index is 1.98. The lowest BCUT2D eigenvalue weighted by Crippen LogP contribution is -2.31. The molecule has 2 unspecified atom stereocenters. The van der Waals surface area contributed by atoms with Gasteiger partial charge in [0.2, 0.25) is 5.91 Å². The van der Waals surface area contributed by atoms with Crippen LogP contribution in [0.25, 0.3) is 0 Å². The minimum absolute atomic E-state index is 0.0839. The van der Waals surface area contributed by atoms with Crippen LogP contribution < -0.4 is 11.1 Å². The van der Waals surface area contributed by atoms with Gasteiger partial charge in [-0.05, 0) is 41.9 Å². The molecule has 0 aromatic heterocycles. The number of carboxylic acids is 1. The Morgan fingerprint density at radius 3 is 1.81 bits per heavy atom. The van der Waals surface area contributed by atoms with Crippen molar-refractivity contribution in [3.05, 3.63) is 69.7 Å². The summed E-state index contributed by atoms with van der Waals surface area (Å²) in [6, 6.07) is 14.2. The lowest BCUT2D eigenvalue weighted by molar-refractivity contribution is -0.137. The Hall–Kier alpha value is -2.08. The van der Waals surface area contributed by atoms with Crippen molar-refractivity contribution in [1.82, 2.24) is 5.32 Å². The molecule has 0 saturated heterocycles. The highest BCUT2D eigenvalue weighted by molar-refractivity contribution is 6.30. The molecule has 0 fully saturated rings. The fraction of sp³-hybridized carbons (Fsp3) is 0.300.